The van der Waals surface area contributed by atoms with Gasteiger partial charge < -0.3 is 15.4 Å². The van der Waals surface area contributed by atoms with Crippen LogP contribution in [0.4, 0.5) is 10.1 Å². The maximum absolute atomic E-state index is 12.8. The highest BCUT2D eigenvalue weighted by atomic mass is 32.2. The number of nitrogens with zero attached hydrogens (tertiary/aromatic N) is 2. The van der Waals surface area contributed by atoms with Gasteiger partial charge in [-0.2, -0.15) is 0 Å². The third-order valence-electron chi connectivity index (χ3n) is 4.47. The minimum absolute atomic E-state index is 0.224. The van der Waals surface area contributed by atoms with Gasteiger partial charge in [-0.3, -0.25) is 9.59 Å². The number of fused-ring (bicyclic) bond motifs is 1. The lowest BCUT2D eigenvalue weighted by Crippen LogP contribution is -2.23. The molecule has 2 heterocycles. The first-order chi connectivity index (χ1) is 14.4. The van der Waals surface area contributed by atoms with Crippen molar-refractivity contribution in [1.29, 1.82) is 0 Å². The Balaban J connectivity index is 1.74. The topological polar surface area (TPSA) is 110 Å². The number of esters is 1. The van der Waals surface area contributed by atoms with Crippen molar-refractivity contribution in [1.82, 2.24) is 10.2 Å². The summed E-state index contributed by atoms with van der Waals surface area (Å²) in [5.74, 6) is -0.827. The van der Waals surface area contributed by atoms with E-state index in [2.05, 4.69) is 20.8 Å². The van der Waals surface area contributed by atoms with Gasteiger partial charge in [-0.1, -0.05) is 29.5 Å². The van der Waals surface area contributed by atoms with Crippen molar-refractivity contribution in [2.75, 3.05) is 17.2 Å². The Morgan fingerprint density at radius 1 is 1.13 bits per heavy atom. The zero-order valence-electron chi connectivity index (χ0n) is 17.1. The van der Waals surface area contributed by atoms with Crippen LogP contribution in [-0.2, 0) is 27.2 Å². The zero-order chi connectivity index (χ0) is 21.7. The maximum atomic E-state index is 12.8. The van der Waals surface area contributed by atoms with Crippen LogP contribution in [0.5, 0.6) is 0 Å². The minimum atomic E-state index is -0.458. The van der Waals surface area contributed by atoms with E-state index in [0.29, 0.717) is 20.0 Å². The number of thioether (sulfide) groups is 1. The summed E-state index contributed by atoms with van der Waals surface area (Å²) in [5, 5.41) is 13.9. The molecule has 0 aromatic carbocycles. The van der Waals surface area contributed by atoms with Gasteiger partial charge in [0.25, 0.3) is 0 Å². The molecule has 1 atom stereocenters. The molecule has 2 aromatic rings. The van der Waals surface area contributed by atoms with Gasteiger partial charge in [0.05, 0.1) is 17.4 Å². The highest BCUT2D eigenvalue weighted by molar-refractivity contribution is 8.02. The van der Waals surface area contributed by atoms with E-state index in [-0.39, 0.29) is 24.4 Å². The SMILES string of the molecule is CCOC(=O)c1c(NC(=O)C(C)Sc2nnc(NC(C)=O)s2)sc2c1CCCCC2. The molecular weight excluding hydrogens is 444 g/mol. The Kier molecular flexibility index (Phi) is 7.84. The fourth-order valence-electron chi connectivity index (χ4n) is 3.13. The largest absolute Gasteiger partial charge is 0.462 e. The fraction of sp³-hybridized carbons (Fsp3) is 0.526. The maximum Gasteiger partial charge on any atom is 0.341 e. The van der Waals surface area contributed by atoms with Crippen LogP contribution >= 0.6 is 34.4 Å². The third kappa shape index (κ3) is 5.58. The van der Waals surface area contributed by atoms with Crippen molar-refractivity contribution >= 4 is 62.4 Å². The van der Waals surface area contributed by atoms with Gasteiger partial charge in [0.1, 0.15) is 5.00 Å². The quantitative estimate of drug-likeness (QED) is 0.272. The van der Waals surface area contributed by atoms with Crippen LogP contribution in [-0.4, -0.2) is 39.8 Å². The molecule has 30 heavy (non-hydrogen) atoms. The lowest BCUT2D eigenvalue weighted by atomic mass is 10.1. The highest BCUT2D eigenvalue weighted by Gasteiger charge is 2.28. The standard InChI is InChI=1S/C19H24N4O4S3/c1-4-27-17(26)14-12-8-6-5-7-9-13(12)29-16(14)21-15(25)10(2)28-19-23-22-18(30-19)20-11(3)24/h10H,4-9H2,1-3H3,(H,21,25)(H,20,22,24). The second kappa shape index (κ2) is 10.4. The van der Waals surface area contributed by atoms with E-state index in [4.69, 9.17) is 4.74 Å². The van der Waals surface area contributed by atoms with E-state index < -0.39 is 5.25 Å². The van der Waals surface area contributed by atoms with Gasteiger partial charge in [0.2, 0.25) is 16.9 Å². The van der Waals surface area contributed by atoms with Crippen molar-refractivity contribution in [3.63, 3.8) is 0 Å². The molecule has 11 heteroatoms. The van der Waals surface area contributed by atoms with Crippen LogP contribution in [0.3, 0.4) is 0 Å². The van der Waals surface area contributed by atoms with Crippen LogP contribution in [0.2, 0.25) is 0 Å². The summed E-state index contributed by atoms with van der Waals surface area (Å²) in [5.41, 5.74) is 1.53. The summed E-state index contributed by atoms with van der Waals surface area (Å²) in [6, 6.07) is 0. The average molecular weight is 469 g/mol. The Morgan fingerprint density at radius 2 is 1.90 bits per heavy atom. The fourth-order valence-corrected chi connectivity index (χ4v) is 6.35. The second-order valence-corrected chi connectivity index (χ2v) is 10.5. The summed E-state index contributed by atoms with van der Waals surface area (Å²) in [7, 11) is 0. The molecule has 3 rings (SSSR count). The molecule has 2 aromatic heterocycles. The first kappa shape index (κ1) is 22.7. The van der Waals surface area contributed by atoms with Crippen molar-refractivity contribution in [2.45, 2.75) is 62.5 Å². The molecule has 0 saturated carbocycles. The number of ether oxygens (including phenoxy) is 1. The van der Waals surface area contributed by atoms with Crippen LogP contribution < -0.4 is 10.6 Å². The van der Waals surface area contributed by atoms with Crippen molar-refractivity contribution in [3.8, 4) is 0 Å². The van der Waals surface area contributed by atoms with E-state index >= 15 is 0 Å². The summed E-state index contributed by atoms with van der Waals surface area (Å²) in [6.07, 6.45) is 5.01. The number of amides is 2. The third-order valence-corrected chi connectivity index (χ3v) is 7.70. The summed E-state index contributed by atoms with van der Waals surface area (Å²) in [4.78, 5) is 37.7. The molecule has 0 saturated heterocycles. The van der Waals surface area contributed by atoms with Crippen molar-refractivity contribution in [2.24, 2.45) is 0 Å². The van der Waals surface area contributed by atoms with Gasteiger partial charge in [0, 0.05) is 11.8 Å². The molecule has 1 aliphatic rings. The highest BCUT2D eigenvalue weighted by Crippen LogP contribution is 2.38. The average Bonchev–Trinajstić information content (AvgIpc) is 3.17. The smallest absolute Gasteiger partial charge is 0.341 e. The Morgan fingerprint density at radius 3 is 2.63 bits per heavy atom. The summed E-state index contributed by atoms with van der Waals surface area (Å²) < 4.78 is 5.84. The number of carbonyl (C=O) groups excluding carboxylic acids is 3. The van der Waals surface area contributed by atoms with E-state index in [1.165, 1.54) is 41.4 Å². The van der Waals surface area contributed by atoms with E-state index in [1.54, 1.807) is 13.8 Å². The minimum Gasteiger partial charge on any atom is -0.462 e. The Labute approximate surface area is 187 Å². The second-order valence-electron chi connectivity index (χ2n) is 6.79. The Hall–Kier alpha value is -1.98. The zero-order valence-corrected chi connectivity index (χ0v) is 19.5. The molecular formula is C19H24N4O4S3. The lowest BCUT2D eigenvalue weighted by Gasteiger charge is -2.11. The van der Waals surface area contributed by atoms with Crippen LogP contribution in [0, 0.1) is 0 Å². The predicted molar refractivity (Wildman–Crippen MR) is 120 cm³/mol. The first-order valence-electron chi connectivity index (χ1n) is 9.79. The number of hydrogen-bond donors (Lipinski definition) is 2. The van der Waals surface area contributed by atoms with Crippen LogP contribution in [0.1, 0.15) is 60.8 Å². The number of anilines is 2. The summed E-state index contributed by atoms with van der Waals surface area (Å²) >= 11 is 3.94. The molecule has 0 radical (unpaired) electrons. The normalized spacial score (nSPS) is 14.4. The number of rotatable bonds is 7. The molecule has 0 aliphatic heterocycles. The molecule has 0 spiro atoms. The van der Waals surface area contributed by atoms with Gasteiger partial charge in [-0.25, -0.2) is 4.79 Å². The molecule has 2 amide bonds. The number of aryl methyl sites for hydroxylation is 1. The van der Waals surface area contributed by atoms with Crippen molar-refractivity contribution in [3.05, 3.63) is 16.0 Å². The van der Waals surface area contributed by atoms with E-state index in [9.17, 15) is 14.4 Å². The molecule has 0 bridgehead atoms. The number of thiophene rings is 1. The van der Waals surface area contributed by atoms with Crippen LogP contribution in [0.15, 0.2) is 4.34 Å². The molecule has 162 valence electrons. The predicted octanol–water partition coefficient (Wildman–Crippen LogP) is 4.12. The monoisotopic (exact) mass is 468 g/mol. The van der Waals surface area contributed by atoms with Gasteiger partial charge in [0.15, 0.2) is 4.34 Å². The van der Waals surface area contributed by atoms with Crippen molar-refractivity contribution < 1.29 is 19.1 Å². The van der Waals surface area contributed by atoms with Gasteiger partial charge in [-0.15, -0.1) is 21.5 Å². The lowest BCUT2D eigenvalue weighted by molar-refractivity contribution is -0.115. The Bertz CT molecular complexity index is 940. The summed E-state index contributed by atoms with van der Waals surface area (Å²) in [6.45, 7) is 5.23. The molecule has 2 N–H and O–H groups in total. The molecule has 1 unspecified atom stereocenters. The van der Waals surface area contributed by atoms with E-state index in [0.717, 1.165) is 42.5 Å². The molecule has 8 nitrogen and oxygen atoms in total. The number of nitrogens with one attached hydrogen (secondary N) is 2. The molecule has 1 aliphatic carbocycles. The van der Waals surface area contributed by atoms with Gasteiger partial charge in [-0.05, 0) is 45.1 Å². The van der Waals surface area contributed by atoms with Crippen LogP contribution in [0.25, 0.3) is 0 Å². The first-order valence-corrected chi connectivity index (χ1v) is 12.3. The van der Waals surface area contributed by atoms with Gasteiger partial charge >= 0.3 is 5.97 Å². The number of hydrogen-bond acceptors (Lipinski definition) is 9. The molecule has 0 fully saturated rings. The van der Waals surface area contributed by atoms with E-state index in [1.807, 2.05) is 0 Å². The number of aromatic nitrogens is 2. The number of carbonyl (C=O) groups is 3.